The van der Waals surface area contributed by atoms with E-state index >= 15 is 0 Å². The van der Waals surface area contributed by atoms with Gasteiger partial charge >= 0.3 is 0 Å². The van der Waals surface area contributed by atoms with E-state index in [2.05, 4.69) is 5.32 Å². The topological polar surface area (TPSA) is 21.3 Å². The lowest BCUT2D eigenvalue weighted by Crippen LogP contribution is -2.25. The molecule has 2 atom stereocenters. The second-order valence-corrected chi connectivity index (χ2v) is 2.65. The zero-order valence-electron chi connectivity index (χ0n) is 4.89. The summed E-state index contributed by atoms with van der Waals surface area (Å²) in [5.41, 5.74) is 0. The van der Waals surface area contributed by atoms with Crippen LogP contribution in [-0.4, -0.2) is 25.8 Å². The van der Waals surface area contributed by atoms with Crippen LogP contribution in [0.1, 0.15) is 6.42 Å². The number of hydrogen-bond donors (Lipinski definition) is 1. The SMILES string of the molecule is C1CC2COCC2N1. The third-order valence-corrected chi connectivity index (χ3v) is 2.12. The first-order valence-corrected chi connectivity index (χ1v) is 3.28. The highest BCUT2D eigenvalue weighted by Crippen LogP contribution is 2.21. The maximum atomic E-state index is 5.25. The van der Waals surface area contributed by atoms with E-state index in [1.165, 1.54) is 13.0 Å². The lowest BCUT2D eigenvalue weighted by molar-refractivity contribution is 0.177. The maximum Gasteiger partial charge on any atom is 0.0623 e. The molecule has 2 saturated heterocycles. The van der Waals surface area contributed by atoms with Gasteiger partial charge in [-0.05, 0) is 13.0 Å². The molecule has 0 aromatic heterocycles. The van der Waals surface area contributed by atoms with Gasteiger partial charge in [0, 0.05) is 12.0 Å². The van der Waals surface area contributed by atoms with Gasteiger partial charge in [0.05, 0.1) is 13.2 Å². The standard InChI is InChI=1S/C6H11NO/c1-2-7-6-4-8-3-5(1)6/h5-7H,1-4H2. The molecule has 2 heteroatoms. The van der Waals surface area contributed by atoms with Gasteiger partial charge in [0.15, 0.2) is 0 Å². The predicted octanol–water partition coefficient (Wildman–Crippen LogP) is -0.00530. The molecule has 2 aliphatic heterocycles. The lowest BCUT2D eigenvalue weighted by Gasteiger charge is -2.02. The van der Waals surface area contributed by atoms with E-state index in [1.807, 2.05) is 0 Å². The highest BCUT2D eigenvalue weighted by Gasteiger charge is 2.31. The molecule has 2 nitrogen and oxygen atoms in total. The number of rotatable bonds is 0. The summed E-state index contributed by atoms with van der Waals surface area (Å²) in [6.07, 6.45) is 1.32. The van der Waals surface area contributed by atoms with Crippen molar-refractivity contribution in [1.29, 1.82) is 0 Å². The van der Waals surface area contributed by atoms with Gasteiger partial charge < -0.3 is 10.1 Å². The molecule has 0 spiro atoms. The van der Waals surface area contributed by atoms with Crippen LogP contribution < -0.4 is 5.32 Å². The summed E-state index contributed by atoms with van der Waals surface area (Å²) in [7, 11) is 0. The summed E-state index contributed by atoms with van der Waals surface area (Å²) in [5, 5.41) is 3.39. The molecule has 0 saturated carbocycles. The Balaban J connectivity index is 2.04. The highest BCUT2D eigenvalue weighted by atomic mass is 16.5. The van der Waals surface area contributed by atoms with E-state index in [0.29, 0.717) is 6.04 Å². The first kappa shape index (κ1) is 4.77. The summed E-state index contributed by atoms with van der Waals surface area (Å²) in [6, 6.07) is 0.704. The monoisotopic (exact) mass is 113 g/mol. The van der Waals surface area contributed by atoms with E-state index in [1.54, 1.807) is 0 Å². The van der Waals surface area contributed by atoms with Crippen molar-refractivity contribution in [3.63, 3.8) is 0 Å². The second-order valence-electron chi connectivity index (χ2n) is 2.65. The fourth-order valence-corrected chi connectivity index (χ4v) is 1.56. The summed E-state index contributed by atoms with van der Waals surface area (Å²) < 4.78 is 5.25. The number of nitrogens with one attached hydrogen (secondary N) is 1. The van der Waals surface area contributed by atoms with E-state index < -0.39 is 0 Å². The normalized spacial score (nSPS) is 45.0. The van der Waals surface area contributed by atoms with Gasteiger partial charge in [-0.15, -0.1) is 0 Å². The number of fused-ring (bicyclic) bond motifs is 1. The minimum Gasteiger partial charge on any atom is -0.379 e. The Morgan fingerprint density at radius 3 is 3.25 bits per heavy atom. The molecule has 46 valence electrons. The minimum atomic E-state index is 0.704. The smallest absolute Gasteiger partial charge is 0.0623 e. The third-order valence-electron chi connectivity index (χ3n) is 2.12. The van der Waals surface area contributed by atoms with Crippen molar-refractivity contribution in [3.8, 4) is 0 Å². The quantitative estimate of drug-likeness (QED) is 0.477. The zero-order chi connectivity index (χ0) is 5.40. The van der Waals surface area contributed by atoms with Gasteiger partial charge in [-0.3, -0.25) is 0 Å². The molecule has 1 N–H and O–H groups in total. The van der Waals surface area contributed by atoms with Crippen LogP contribution in [-0.2, 0) is 4.74 Å². The molecule has 0 radical (unpaired) electrons. The number of hydrogen-bond acceptors (Lipinski definition) is 2. The molecule has 2 unspecified atom stereocenters. The van der Waals surface area contributed by atoms with Crippen molar-refractivity contribution < 1.29 is 4.74 Å². The van der Waals surface area contributed by atoms with Gasteiger partial charge in [0.2, 0.25) is 0 Å². The highest BCUT2D eigenvalue weighted by molar-refractivity contribution is 4.86. The van der Waals surface area contributed by atoms with Gasteiger partial charge in [-0.25, -0.2) is 0 Å². The van der Waals surface area contributed by atoms with Crippen LogP contribution in [0.15, 0.2) is 0 Å². The Morgan fingerprint density at radius 2 is 2.38 bits per heavy atom. The molecule has 0 aromatic rings. The summed E-state index contributed by atoms with van der Waals surface area (Å²) >= 11 is 0. The van der Waals surface area contributed by atoms with E-state index in [4.69, 9.17) is 4.74 Å². The first-order chi connectivity index (χ1) is 3.97. The molecule has 2 fully saturated rings. The van der Waals surface area contributed by atoms with E-state index in [-0.39, 0.29) is 0 Å². The van der Waals surface area contributed by atoms with Crippen LogP contribution in [0.3, 0.4) is 0 Å². The van der Waals surface area contributed by atoms with Crippen LogP contribution in [0.4, 0.5) is 0 Å². The van der Waals surface area contributed by atoms with Crippen LogP contribution in [0.5, 0.6) is 0 Å². The first-order valence-electron chi connectivity index (χ1n) is 3.28. The molecule has 0 aliphatic carbocycles. The zero-order valence-corrected chi connectivity index (χ0v) is 4.89. The van der Waals surface area contributed by atoms with Gasteiger partial charge in [0.1, 0.15) is 0 Å². The van der Waals surface area contributed by atoms with Crippen molar-refractivity contribution in [1.82, 2.24) is 5.32 Å². The minimum absolute atomic E-state index is 0.704. The fraction of sp³-hybridized carbons (Fsp3) is 1.00. The molecule has 2 heterocycles. The van der Waals surface area contributed by atoms with Crippen molar-refractivity contribution in [2.24, 2.45) is 5.92 Å². The summed E-state index contributed by atoms with van der Waals surface area (Å²) in [5.74, 6) is 0.843. The average Bonchev–Trinajstić information content (AvgIpc) is 2.15. The van der Waals surface area contributed by atoms with Crippen molar-refractivity contribution in [2.75, 3.05) is 19.8 Å². The van der Waals surface area contributed by atoms with Crippen molar-refractivity contribution >= 4 is 0 Å². The van der Waals surface area contributed by atoms with Crippen LogP contribution >= 0.6 is 0 Å². The molecule has 0 aromatic carbocycles. The van der Waals surface area contributed by atoms with Crippen LogP contribution in [0, 0.1) is 5.92 Å². The molecule has 0 bridgehead atoms. The largest absolute Gasteiger partial charge is 0.379 e. The van der Waals surface area contributed by atoms with E-state index in [9.17, 15) is 0 Å². The average molecular weight is 113 g/mol. The Bertz CT molecular complexity index is 74.5. The van der Waals surface area contributed by atoms with Gasteiger partial charge in [-0.2, -0.15) is 0 Å². The lowest BCUT2D eigenvalue weighted by atomic mass is 10.1. The van der Waals surface area contributed by atoms with Crippen LogP contribution in [0.2, 0.25) is 0 Å². The maximum absolute atomic E-state index is 5.25. The summed E-state index contributed by atoms with van der Waals surface area (Å²) in [4.78, 5) is 0. The van der Waals surface area contributed by atoms with E-state index in [0.717, 1.165) is 19.1 Å². The molecular formula is C6H11NO. The third kappa shape index (κ3) is 0.565. The molecule has 8 heavy (non-hydrogen) atoms. The molecule has 0 amide bonds. The Labute approximate surface area is 49.2 Å². The predicted molar refractivity (Wildman–Crippen MR) is 30.7 cm³/mol. The Kier molecular flexibility index (Phi) is 1.02. The molecule has 2 rings (SSSR count). The molecule has 2 aliphatic rings. The van der Waals surface area contributed by atoms with Gasteiger partial charge in [0.25, 0.3) is 0 Å². The summed E-state index contributed by atoms with van der Waals surface area (Å²) in [6.45, 7) is 3.15. The van der Waals surface area contributed by atoms with Crippen molar-refractivity contribution in [2.45, 2.75) is 12.5 Å². The molecular weight excluding hydrogens is 102 g/mol. The van der Waals surface area contributed by atoms with Crippen molar-refractivity contribution in [3.05, 3.63) is 0 Å². The second kappa shape index (κ2) is 1.71. The Hall–Kier alpha value is -0.0800. The number of ether oxygens (including phenoxy) is 1. The Morgan fingerprint density at radius 1 is 1.38 bits per heavy atom. The fourth-order valence-electron chi connectivity index (χ4n) is 1.56. The van der Waals surface area contributed by atoms with Gasteiger partial charge in [-0.1, -0.05) is 0 Å². The van der Waals surface area contributed by atoms with Crippen LogP contribution in [0.25, 0.3) is 0 Å².